The minimum atomic E-state index is -1.27. The number of carbonyl (C=O) groups is 2. The largest absolute Gasteiger partial charge is 0.514 e. The SMILES string of the molecule is O=C(OCc1cc(C(=O)O)no1)Oc1ccc([N+](=O)[O-])cc1. The molecule has 0 atom stereocenters. The van der Waals surface area contributed by atoms with E-state index in [1.807, 2.05) is 0 Å². The van der Waals surface area contributed by atoms with E-state index in [0.29, 0.717) is 0 Å². The van der Waals surface area contributed by atoms with Gasteiger partial charge < -0.3 is 19.1 Å². The molecule has 0 unspecified atom stereocenters. The summed E-state index contributed by atoms with van der Waals surface area (Å²) in [6, 6.07) is 5.89. The lowest BCUT2D eigenvalue weighted by Crippen LogP contribution is -2.10. The fraction of sp³-hybridized carbons (Fsp3) is 0.0833. The van der Waals surface area contributed by atoms with Crippen molar-refractivity contribution >= 4 is 17.8 Å². The van der Waals surface area contributed by atoms with Crippen LogP contribution in [0, 0.1) is 10.1 Å². The van der Waals surface area contributed by atoms with Gasteiger partial charge in [0.25, 0.3) is 5.69 Å². The second kappa shape index (κ2) is 6.35. The predicted octanol–water partition coefficient (Wildman–Crippen LogP) is 2.00. The third-order valence-corrected chi connectivity index (χ3v) is 2.36. The highest BCUT2D eigenvalue weighted by atomic mass is 16.7. The zero-order valence-electron chi connectivity index (χ0n) is 10.8. The minimum absolute atomic E-state index is 0.0260. The van der Waals surface area contributed by atoms with Crippen LogP contribution in [0.5, 0.6) is 5.75 Å². The molecule has 0 amide bonds. The van der Waals surface area contributed by atoms with E-state index in [-0.39, 0.29) is 29.5 Å². The van der Waals surface area contributed by atoms with E-state index in [1.165, 1.54) is 12.1 Å². The van der Waals surface area contributed by atoms with Crippen LogP contribution in [0.25, 0.3) is 0 Å². The van der Waals surface area contributed by atoms with Crippen LogP contribution >= 0.6 is 0 Å². The van der Waals surface area contributed by atoms with E-state index in [4.69, 9.17) is 9.84 Å². The number of nitro groups is 1. The van der Waals surface area contributed by atoms with E-state index >= 15 is 0 Å². The smallest absolute Gasteiger partial charge is 0.476 e. The zero-order chi connectivity index (χ0) is 16.1. The molecule has 1 heterocycles. The number of carbonyl (C=O) groups excluding carboxylic acids is 1. The molecule has 0 spiro atoms. The molecule has 22 heavy (non-hydrogen) atoms. The third-order valence-electron chi connectivity index (χ3n) is 2.36. The highest BCUT2D eigenvalue weighted by Crippen LogP contribution is 2.18. The number of carboxylic acid groups (broad SMARTS) is 1. The van der Waals surface area contributed by atoms with Crippen molar-refractivity contribution in [1.82, 2.24) is 5.16 Å². The number of rotatable bonds is 5. The minimum Gasteiger partial charge on any atom is -0.476 e. The number of hydrogen-bond acceptors (Lipinski definition) is 8. The number of nitrogens with zero attached hydrogens (tertiary/aromatic N) is 2. The number of aromatic carboxylic acids is 1. The first-order valence-electron chi connectivity index (χ1n) is 5.73. The van der Waals surface area contributed by atoms with Crippen molar-refractivity contribution in [3.63, 3.8) is 0 Å². The molecule has 0 aliphatic rings. The molecular formula is C12H8N2O8. The summed E-state index contributed by atoms with van der Waals surface area (Å²) in [7, 11) is 0. The van der Waals surface area contributed by atoms with Crippen molar-refractivity contribution < 1.29 is 33.6 Å². The van der Waals surface area contributed by atoms with Crippen LogP contribution in [-0.2, 0) is 11.3 Å². The first-order chi connectivity index (χ1) is 10.5. The van der Waals surface area contributed by atoms with Crippen molar-refractivity contribution in [3.8, 4) is 5.75 Å². The van der Waals surface area contributed by atoms with Crippen molar-refractivity contribution in [1.29, 1.82) is 0 Å². The molecule has 2 rings (SSSR count). The number of non-ortho nitro benzene ring substituents is 1. The summed E-state index contributed by atoms with van der Waals surface area (Å²) in [5.41, 5.74) is -0.467. The lowest BCUT2D eigenvalue weighted by atomic mass is 10.3. The van der Waals surface area contributed by atoms with Gasteiger partial charge in [-0.3, -0.25) is 10.1 Å². The molecule has 0 aliphatic heterocycles. The maximum Gasteiger partial charge on any atom is 0.514 e. The average Bonchev–Trinajstić information content (AvgIpc) is 2.95. The topological polar surface area (TPSA) is 142 Å². The molecule has 1 aromatic heterocycles. The summed E-state index contributed by atoms with van der Waals surface area (Å²) in [5.74, 6) is -1.19. The van der Waals surface area contributed by atoms with Gasteiger partial charge in [-0.25, -0.2) is 9.59 Å². The Bertz CT molecular complexity index is 706. The summed E-state index contributed by atoms with van der Waals surface area (Å²) in [5, 5.41) is 22.3. The van der Waals surface area contributed by atoms with Gasteiger partial charge >= 0.3 is 12.1 Å². The fourth-order valence-electron chi connectivity index (χ4n) is 1.37. The van der Waals surface area contributed by atoms with Gasteiger partial charge in [0.1, 0.15) is 5.75 Å². The average molecular weight is 308 g/mol. The van der Waals surface area contributed by atoms with Gasteiger partial charge in [0, 0.05) is 18.2 Å². The Hall–Kier alpha value is -3.43. The lowest BCUT2D eigenvalue weighted by Gasteiger charge is -2.03. The predicted molar refractivity (Wildman–Crippen MR) is 67.4 cm³/mol. The van der Waals surface area contributed by atoms with Gasteiger partial charge in [0.2, 0.25) is 0 Å². The van der Waals surface area contributed by atoms with Gasteiger partial charge in [-0.05, 0) is 12.1 Å². The number of carboxylic acids is 1. The van der Waals surface area contributed by atoms with Crippen LogP contribution in [0.2, 0.25) is 0 Å². The van der Waals surface area contributed by atoms with E-state index in [0.717, 1.165) is 18.2 Å². The van der Waals surface area contributed by atoms with Crippen molar-refractivity contribution in [2.75, 3.05) is 0 Å². The monoisotopic (exact) mass is 308 g/mol. The Labute approximate surface area is 122 Å². The second-order valence-electron chi connectivity index (χ2n) is 3.88. The molecule has 0 aliphatic carbocycles. The zero-order valence-corrected chi connectivity index (χ0v) is 10.8. The van der Waals surface area contributed by atoms with Crippen LogP contribution in [0.15, 0.2) is 34.9 Å². The molecule has 0 radical (unpaired) electrons. The van der Waals surface area contributed by atoms with Crippen molar-refractivity contribution in [2.24, 2.45) is 0 Å². The molecule has 2 aromatic rings. The number of nitro benzene ring substituents is 1. The van der Waals surface area contributed by atoms with Crippen LogP contribution in [0.4, 0.5) is 10.5 Å². The quantitative estimate of drug-likeness (QED) is 0.379. The molecule has 10 nitrogen and oxygen atoms in total. The van der Waals surface area contributed by atoms with Gasteiger partial charge in [-0.2, -0.15) is 0 Å². The van der Waals surface area contributed by atoms with E-state index in [1.54, 1.807) is 0 Å². The van der Waals surface area contributed by atoms with E-state index in [2.05, 4.69) is 14.4 Å². The Morgan fingerprint density at radius 1 is 1.32 bits per heavy atom. The highest BCUT2D eigenvalue weighted by Gasteiger charge is 2.14. The molecular weight excluding hydrogens is 300 g/mol. The second-order valence-corrected chi connectivity index (χ2v) is 3.88. The van der Waals surface area contributed by atoms with Crippen LogP contribution in [0.3, 0.4) is 0 Å². The first kappa shape index (κ1) is 15.0. The third kappa shape index (κ3) is 3.79. The molecule has 10 heteroatoms. The lowest BCUT2D eigenvalue weighted by molar-refractivity contribution is -0.384. The van der Waals surface area contributed by atoms with E-state index in [9.17, 15) is 19.7 Å². The van der Waals surface area contributed by atoms with Crippen molar-refractivity contribution in [3.05, 3.63) is 51.9 Å². The molecule has 114 valence electrons. The highest BCUT2D eigenvalue weighted by molar-refractivity contribution is 5.85. The summed E-state index contributed by atoms with van der Waals surface area (Å²) in [6.07, 6.45) is -1.08. The Balaban J connectivity index is 1.87. The van der Waals surface area contributed by atoms with Crippen molar-refractivity contribution in [2.45, 2.75) is 6.61 Å². The fourth-order valence-corrected chi connectivity index (χ4v) is 1.37. The Kier molecular flexibility index (Phi) is 4.32. The summed E-state index contributed by atoms with van der Waals surface area (Å²) in [4.78, 5) is 31.8. The van der Waals surface area contributed by atoms with Gasteiger partial charge in [0.15, 0.2) is 18.1 Å². The molecule has 1 N–H and O–H groups in total. The van der Waals surface area contributed by atoms with Gasteiger partial charge in [0.05, 0.1) is 4.92 Å². The molecule has 0 bridgehead atoms. The molecule has 0 fully saturated rings. The maximum absolute atomic E-state index is 11.4. The Morgan fingerprint density at radius 2 is 2.00 bits per heavy atom. The normalized spacial score (nSPS) is 10.0. The standard InChI is InChI=1S/C12H8N2O8/c15-11(16)10-5-9(22-13-10)6-20-12(17)21-8-3-1-7(2-4-8)14(18)19/h1-5H,6H2,(H,15,16). The Morgan fingerprint density at radius 3 is 2.55 bits per heavy atom. The number of benzene rings is 1. The first-order valence-corrected chi connectivity index (χ1v) is 5.73. The maximum atomic E-state index is 11.4. The summed E-state index contributed by atoms with van der Waals surface area (Å²) in [6.45, 7) is -0.369. The molecule has 0 saturated heterocycles. The molecule has 1 aromatic carbocycles. The van der Waals surface area contributed by atoms with Crippen LogP contribution < -0.4 is 4.74 Å². The van der Waals surface area contributed by atoms with Gasteiger partial charge in [-0.1, -0.05) is 5.16 Å². The van der Waals surface area contributed by atoms with Crippen LogP contribution in [0.1, 0.15) is 16.2 Å². The van der Waals surface area contributed by atoms with Crippen LogP contribution in [-0.4, -0.2) is 27.3 Å². The number of aromatic nitrogens is 1. The van der Waals surface area contributed by atoms with E-state index < -0.39 is 17.0 Å². The van der Waals surface area contributed by atoms with Gasteiger partial charge in [-0.15, -0.1) is 0 Å². The molecule has 0 saturated carbocycles. The number of hydrogen-bond donors (Lipinski definition) is 1. The summed E-state index contributed by atoms with van der Waals surface area (Å²) >= 11 is 0. The summed E-state index contributed by atoms with van der Waals surface area (Å²) < 4.78 is 14.1. The number of ether oxygens (including phenoxy) is 2.